The second kappa shape index (κ2) is 10.0. The van der Waals surface area contributed by atoms with Gasteiger partial charge in [0.1, 0.15) is 5.75 Å². The molecule has 3 heterocycles. The van der Waals surface area contributed by atoms with Gasteiger partial charge in [-0.1, -0.05) is 42.5 Å². The Morgan fingerprint density at radius 2 is 1.67 bits per heavy atom. The first-order valence-corrected chi connectivity index (χ1v) is 13.4. The van der Waals surface area contributed by atoms with Crippen molar-refractivity contribution in [1.29, 1.82) is 0 Å². The number of anilines is 2. The topological polar surface area (TPSA) is 110 Å². The SMILES string of the molecule is COc1ccc(NC2=Nc3ccccc3N3C2=Nc2c(c(C)nn2-c2ccccc2)[C@H]3c2cccc([N+](=O)[O-])c2)cc1. The maximum Gasteiger partial charge on any atom is 0.269 e. The number of hydrogen-bond donors (Lipinski definition) is 1. The molecule has 0 saturated heterocycles. The zero-order valence-electron chi connectivity index (χ0n) is 22.8. The summed E-state index contributed by atoms with van der Waals surface area (Å²) in [6.45, 7) is 1.95. The van der Waals surface area contributed by atoms with Crippen LogP contribution < -0.4 is 15.0 Å². The average molecular weight is 556 g/mol. The Labute approximate surface area is 241 Å². The first-order valence-electron chi connectivity index (χ1n) is 13.4. The van der Waals surface area contributed by atoms with E-state index in [0.29, 0.717) is 17.5 Å². The molecule has 1 atom stereocenters. The van der Waals surface area contributed by atoms with E-state index in [4.69, 9.17) is 19.8 Å². The molecule has 206 valence electrons. The standard InChI is InChI=1S/C32H25N7O3/c1-20-28-29(21-9-8-12-24(19-21)39(40)41)37-27-14-7-6-13-26(27)34-30(33-22-15-17-25(42-2)18-16-22)32(37)35-31(28)38(36-20)23-10-4-3-5-11-23/h3-19,29H,1-2H3,(H,33,34)/t29-/m1/s1. The Morgan fingerprint density at radius 1 is 0.905 bits per heavy atom. The smallest absolute Gasteiger partial charge is 0.269 e. The molecule has 2 aliphatic heterocycles. The van der Waals surface area contributed by atoms with Crippen molar-refractivity contribution in [2.75, 3.05) is 17.3 Å². The maximum absolute atomic E-state index is 11.8. The third kappa shape index (κ3) is 4.17. The molecule has 42 heavy (non-hydrogen) atoms. The van der Waals surface area contributed by atoms with E-state index in [1.54, 1.807) is 19.2 Å². The number of aliphatic imine (C=N–C) groups is 2. The van der Waals surface area contributed by atoms with Crippen LogP contribution in [0.3, 0.4) is 0 Å². The minimum absolute atomic E-state index is 0.0155. The zero-order chi connectivity index (χ0) is 28.8. The molecule has 10 heteroatoms. The van der Waals surface area contributed by atoms with Gasteiger partial charge in [0, 0.05) is 23.4 Å². The van der Waals surface area contributed by atoms with Gasteiger partial charge >= 0.3 is 0 Å². The van der Waals surface area contributed by atoms with Gasteiger partial charge in [0.15, 0.2) is 17.5 Å². The minimum Gasteiger partial charge on any atom is -0.497 e. The molecule has 10 nitrogen and oxygen atoms in total. The molecule has 1 aromatic heterocycles. The van der Waals surface area contributed by atoms with Crippen LogP contribution in [0.2, 0.25) is 0 Å². The summed E-state index contributed by atoms with van der Waals surface area (Å²) in [7, 11) is 1.63. The fourth-order valence-corrected chi connectivity index (χ4v) is 5.48. The molecule has 0 fully saturated rings. The van der Waals surface area contributed by atoms with Crippen molar-refractivity contribution in [2.45, 2.75) is 13.0 Å². The highest BCUT2D eigenvalue weighted by atomic mass is 16.6. The molecular weight excluding hydrogens is 530 g/mol. The number of nitrogens with one attached hydrogen (secondary N) is 1. The van der Waals surface area contributed by atoms with Gasteiger partial charge in [-0.05, 0) is 61.0 Å². The lowest BCUT2D eigenvalue weighted by molar-refractivity contribution is -0.384. The molecular formula is C32H25N7O3. The number of non-ortho nitro benzene ring substituents is 1. The van der Waals surface area contributed by atoms with Gasteiger partial charge in [-0.15, -0.1) is 0 Å². The van der Waals surface area contributed by atoms with E-state index in [0.717, 1.165) is 45.3 Å². The van der Waals surface area contributed by atoms with Gasteiger partial charge in [0.2, 0.25) is 0 Å². The number of nitro benzene ring substituents is 1. The molecule has 0 spiro atoms. The number of hydrogen-bond acceptors (Lipinski definition) is 8. The van der Waals surface area contributed by atoms with Crippen molar-refractivity contribution < 1.29 is 9.66 Å². The number of amidine groups is 2. The van der Waals surface area contributed by atoms with Crippen LogP contribution >= 0.6 is 0 Å². The van der Waals surface area contributed by atoms with E-state index >= 15 is 0 Å². The number of aromatic nitrogens is 2. The number of ether oxygens (including phenoxy) is 1. The van der Waals surface area contributed by atoms with Gasteiger partial charge in [-0.3, -0.25) is 10.1 Å². The van der Waals surface area contributed by atoms with Crippen molar-refractivity contribution in [1.82, 2.24) is 9.78 Å². The summed E-state index contributed by atoms with van der Waals surface area (Å²) in [6.07, 6.45) is 0. The van der Waals surface area contributed by atoms with Gasteiger partial charge < -0.3 is 15.0 Å². The van der Waals surface area contributed by atoms with Gasteiger partial charge in [0.25, 0.3) is 5.69 Å². The van der Waals surface area contributed by atoms with E-state index in [2.05, 4.69) is 10.2 Å². The second-order valence-corrected chi connectivity index (χ2v) is 9.93. The molecule has 0 bridgehead atoms. The van der Waals surface area contributed by atoms with E-state index in [-0.39, 0.29) is 10.6 Å². The monoisotopic (exact) mass is 555 g/mol. The van der Waals surface area contributed by atoms with E-state index < -0.39 is 6.04 Å². The van der Waals surface area contributed by atoms with Crippen LogP contribution in [0.25, 0.3) is 5.69 Å². The molecule has 0 radical (unpaired) electrons. The third-order valence-electron chi connectivity index (χ3n) is 7.39. The minimum atomic E-state index is -0.464. The zero-order valence-corrected chi connectivity index (χ0v) is 22.8. The van der Waals surface area contributed by atoms with Crippen molar-refractivity contribution in [3.63, 3.8) is 0 Å². The fourth-order valence-electron chi connectivity index (χ4n) is 5.48. The first-order chi connectivity index (χ1) is 20.5. The summed E-state index contributed by atoms with van der Waals surface area (Å²) in [5.74, 6) is 2.50. The van der Waals surface area contributed by atoms with Crippen LogP contribution in [-0.4, -0.2) is 33.5 Å². The summed E-state index contributed by atoms with van der Waals surface area (Å²) < 4.78 is 7.15. The molecule has 4 aromatic carbocycles. The lowest BCUT2D eigenvalue weighted by Gasteiger charge is -2.40. The summed E-state index contributed by atoms with van der Waals surface area (Å²) in [6, 6.07) is 31.5. The molecule has 0 aliphatic carbocycles. The van der Waals surface area contributed by atoms with Crippen molar-refractivity contribution in [3.05, 3.63) is 130 Å². The second-order valence-electron chi connectivity index (χ2n) is 9.93. The Morgan fingerprint density at radius 3 is 2.43 bits per heavy atom. The van der Waals surface area contributed by atoms with Crippen molar-refractivity contribution in [3.8, 4) is 11.4 Å². The average Bonchev–Trinajstić information content (AvgIpc) is 3.36. The molecule has 0 amide bonds. The fraction of sp³-hybridized carbons (Fsp3) is 0.0938. The highest BCUT2D eigenvalue weighted by Gasteiger charge is 2.41. The number of nitrogens with zero attached hydrogens (tertiary/aromatic N) is 6. The predicted octanol–water partition coefficient (Wildman–Crippen LogP) is 6.89. The van der Waals surface area contributed by atoms with Crippen LogP contribution in [0.4, 0.5) is 28.6 Å². The summed E-state index contributed by atoms with van der Waals surface area (Å²) in [5.41, 5.74) is 5.65. The van der Waals surface area contributed by atoms with Crippen LogP contribution in [0.5, 0.6) is 5.75 Å². The largest absolute Gasteiger partial charge is 0.497 e. The van der Waals surface area contributed by atoms with E-state index in [1.807, 2.05) is 96.5 Å². The maximum atomic E-state index is 11.8. The molecule has 0 saturated carbocycles. The third-order valence-corrected chi connectivity index (χ3v) is 7.39. The van der Waals surface area contributed by atoms with Crippen LogP contribution in [-0.2, 0) is 0 Å². The normalized spacial score (nSPS) is 15.1. The predicted molar refractivity (Wildman–Crippen MR) is 163 cm³/mol. The number of rotatable bonds is 5. The quantitative estimate of drug-likeness (QED) is 0.187. The summed E-state index contributed by atoms with van der Waals surface area (Å²) in [5, 5.41) is 20.2. The Bertz CT molecular complexity index is 1900. The summed E-state index contributed by atoms with van der Waals surface area (Å²) >= 11 is 0. The number of fused-ring (bicyclic) bond motifs is 4. The molecule has 1 N–H and O–H groups in total. The summed E-state index contributed by atoms with van der Waals surface area (Å²) in [4.78, 5) is 23.7. The van der Waals surface area contributed by atoms with Gasteiger partial charge in [-0.25, -0.2) is 14.7 Å². The Hall–Kier alpha value is -5.77. The van der Waals surface area contributed by atoms with E-state index in [1.165, 1.54) is 6.07 Å². The highest BCUT2D eigenvalue weighted by Crippen LogP contribution is 2.48. The lowest BCUT2D eigenvalue weighted by atomic mass is 9.93. The van der Waals surface area contributed by atoms with E-state index in [9.17, 15) is 10.1 Å². The number of nitro groups is 1. The van der Waals surface area contributed by atoms with Crippen LogP contribution in [0.1, 0.15) is 22.9 Å². The van der Waals surface area contributed by atoms with Crippen molar-refractivity contribution in [2.24, 2.45) is 9.98 Å². The molecule has 5 aromatic rings. The number of methoxy groups -OCH3 is 1. The lowest BCUT2D eigenvalue weighted by Crippen LogP contribution is -2.46. The first kappa shape index (κ1) is 25.2. The van der Waals surface area contributed by atoms with Gasteiger partial charge in [-0.2, -0.15) is 5.10 Å². The molecule has 0 unspecified atom stereocenters. The Kier molecular flexibility index (Phi) is 6.01. The van der Waals surface area contributed by atoms with Crippen LogP contribution in [0.15, 0.2) is 113 Å². The number of para-hydroxylation sites is 3. The highest BCUT2D eigenvalue weighted by molar-refractivity contribution is 6.51. The van der Waals surface area contributed by atoms with Crippen LogP contribution in [0, 0.1) is 17.0 Å². The van der Waals surface area contributed by atoms with Crippen molar-refractivity contribution >= 4 is 40.2 Å². The number of aryl methyl sites for hydroxylation is 1. The number of benzene rings is 4. The molecule has 2 aliphatic rings. The molecule has 7 rings (SSSR count). The van der Waals surface area contributed by atoms with Gasteiger partial charge in [0.05, 0.1) is 40.8 Å². The Balaban J connectivity index is 1.48.